The number of hydrogen-bond acceptors (Lipinski definition) is 1. The quantitative estimate of drug-likeness (QED) is 0.825. The van der Waals surface area contributed by atoms with E-state index in [9.17, 15) is 0 Å². The van der Waals surface area contributed by atoms with Gasteiger partial charge in [-0.25, -0.2) is 0 Å². The second-order valence-corrected chi connectivity index (χ2v) is 5.92. The van der Waals surface area contributed by atoms with Crippen molar-refractivity contribution in [3.05, 3.63) is 36.0 Å². The molecule has 1 aromatic heterocycles. The average Bonchev–Trinajstić information content (AvgIpc) is 2.74. The zero-order valence-corrected chi connectivity index (χ0v) is 10.6. The first-order valence-electron chi connectivity index (χ1n) is 6.42. The van der Waals surface area contributed by atoms with Crippen molar-refractivity contribution in [3.63, 3.8) is 0 Å². The summed E-state index contributed by atoms with van der Waals surface area (Å²) >= 11 is 0. The van der Waals surface area contributed by atoms with Gasteiger partial charge in [-0.1, -0.05) is 19.9 Å². The molecular weight excluding hydrogens is 208 g/mol. The molecule has 0 spiro atoms. The Balaban J connectivity index is 1.57. The van der Waals surface area contributed by atoms with Gasteiger partial charge in [-0.2, -0.15) is 0 Å². The van der Waals surface area contributed by atoms with Crippen molar-refractivity contribution in [1.29, 1.82) is 0 Å². The predicted molar refractivity (Wildman–Crippen MR) is 71.9 cm³/mol. The largest absolute Gasteiger partial charge is 0.361 e. The van der Waals surface area contributed by atoms with Crippen molar-refractivity contribution in [2.75, 3.05) is 6.54 Å². The molecule has 1 aliphatic rings. The Labute approximate surface area is 102 Å². The molecule has 2 nitrogen and oxygen atoms in total. The molecule has 2 aromatic rings. The fraction of sp³-hybridized carbons (Fsp3) is 0.467. The summed E-state index contributed by atoms with van der Waals surface area (Å²) < 4.78 is 0. The molecule has 1 heterocycles. The van der Waals surface area contributed by atoms with Crippen LogP contribution in [0.5, 0.6) is 0 Å². The maximum absolute atomic E-state index is 3.57. The van der Waals surface area contributed by atoms with Gasteiger partial charge in [0.15, 0.2) is 0 Å². The van der Waals surface area contributed by atoms with E-state index in [1.54, 1.807) is 0 Å². The molecule has 0 aliphatic heterocycles. The Morgan fingerprint density at radius 3 is 2.94 bits per heavy atom. The third-order valence-corrected chi connectivity index (χ3v) is 4.06. The van der Waals surface area contributed by atoms with Gasteiger partial charge >= 0.3 is 0 Å². The Morgan fingerprint density at radius 1 is 1.35 bits per heavy atom. The minimum absolute atomic E-state index is 0.581. The monoisotopic (exact) mass is 228 g/mol. The number of nitrogens with one attached hydrogen (secondary N) is 2. The van der Waals surface area contributed by atoms with E-state index in [1.807, 2.05) is 6.20 Å². The molecule has 90 valence electrons. The fourth-order valence-corrected chi connectivity index (χ4v) is 2.53. The summed E-state index contributed by atoms with van der Waals surface area (Å²) in [5.41, 5.74) is 3.17. The third kappa shape index (κ3) is 2.22. The number of aromatic nitrogens is 1. The van der Waals surface area contributed by atoms with Gasteiger partial charge in [0.25, 0.3) is 0 Å². The summed E-state index contributed by atoms with van der Waals surface area (Å²) in [7, 11) is 0. The smallest absolute Gasteiger partial charge is 0.0454 e. The van der Waals surface area contributed by atoms with E-state index < -0.39 is 0 Å². The molecule has 2 heteroatoms. The SMILES string of the molecule is CC1(C)CC1CNCc1ccc2[nH]ccc2c1. The second kappa shape index (κ2) is 3.88. The first-order valence-corrected chi connectivity index (χ1v) is 6.42. The van der Waals surface area contributed by atoms with Crippen LogP contribution in [0.2, 0.25) is 0 Å². The molecule has 1 fully saturated rings. The summed E-state index contributed by atoms with van der Waals surface area (Å²) in [6.07, 6.45) is 3.37. The van der Waals surface area contributed by atoms with Gasteiger partial charge in [0.1, 0.15) is 0 Å². The highest BCUT2D eigenvalue weighted by atomic mass is 14.9. The predicted octanol–water partition coefficient (Wildman–Crippen LogP) is 3.30. The van der Waals surface area contributed by atoms with Gasteiger partial charge in [0.05, 0.1) is 0 Å². The highest BCUT2D eigenvalue weighted by Gasteiger charge is 2.44. The van der Waals surface area contributed by atoms with E-state index in [2.05, 4.69) is 48.4 Å². The van der Waals surface area contributed by atoms with E-state index in [-0.39, 0.29) is 0 Å². The molecule has 1 atom stereocenters. The van der Waals surface area contributed by atoms with Crippen LogP contribution in [0.4, 0.5) is 0 Å². The highest BCUT2D eigenvalue weighted by molar-refractivity contribution is 5.79. The molecular formula is C15H20N2. The summed E-state index contributed by atoms with van der Waals surface area (Å²) in [6.45, 7) is 6.84. The van der Waals surface area contributed by atoms with Gasteiger partial charge in [0, 0.05) is 18.3 Å². The number of benzene rings is 1. The van der Waals surface area contributed by atoms with E-state index in [1.165, 1.54) is 22.9 Å². The second-order valence-electron chi connectivity index (χ2n) is 5.92. The third-order valence-electron chi connectivity index (χ3n) is 4.06. The number of H-pyrrole nitrogens is 1. The van der Waals surface area contributed by atoms with Crippen LogP contribution in [0.25, 0.3) is 10.9 Å². The topological polar surface area (TPSA) is 27.8 Å². The molecule has 1 aliphatic carbocycles. The van der Waals surface area contributed by atoms with Gasteiger partial charge in [0.2, 0.25) is 0 Å². The lowest BCUT2D eigenvalue weighted by molar-refractivity contribution is 0.519. The fourth-order valence-electron chi connectivity index (χ4n) is 2.53. The summed E-state index contributed by atoms with van der Waals surface area (Å²) in [4.78, 5) is 3.22. The Hall–Kier alpha value is -1.28. The molecule has 17 heavy (non-hydrogen) atoms. The number of aromatic amines is 1. The van der Waals surface area contributed by atoms with Crippen molar-refractivity contribution < 1.29 is 0 Å². The molecule has 2 N–H and O–H groups in total. The summed E-state index contributed by atoms with van der Waals surface area (Å²) in [5, 5.41) is 4.87. The maximum Gasteiger partial charge on any atom is 0.0454 e. The average molecular weight is 228 g/mol. The summed E-state index contributed by atoms with van der Waals surface area (Å²) in [6, 6.07) is 8.75. The van der Waals surface area contributed by atoms with Crippen LogP contribution in [-0.2, 0) is 6.54 Å². The van der Waals surface area contributed by atoms with Gasteiger partial charge in [-0.05, 0) is 53.4 Å². The van der Waals surface area contributed by atoms with E-state index >= 15 is 0 Å². The molecule has 1 unspecified atom stereocenters. The van der Waals surface area contributed by atoms with Crippen LogP contribution in [0, 0.1) is 11.3 Å². The lowest BCUT2D eigenvalue weighted by Crippen LogP contribution is -2.17. The number of hydrogen-bond donors (Lipinski definition) is 2. The zero-order chi connectivity index (χ0) is 11.9. The molecule has 0 radical (unpaired) electrons. The van der Waals surface area contributed by atoms with E-state index in [0.29, 0.717) is 5.41 Å². The van der Waals surface area contributed by atoms with Crippen LogP contribution in [0.3, 0.4) is 0 Å². The van der Waals surface area contributed by atoms with E-state index in [0.717, 1.165) is 19.0 Å². The van der Waals surface area contributed by atoms with Gasteiger partial charge in [-0.3, -0.25) is 0 Å². The minimum atomic E-state index is 0.581. The van der Waals surface area contributed by atoms with Crippen LogP contribution in [0.15, 0.2) is 30.5 Å². The van der Waals surface area contributed by atoms with Gasteiger partial charge in [-0.15, -0.1) is 0 Å². The van der Waals surface area contributed by atoms with Crippen LogP contribution < -0.4 is 5.32 Å². The van der Waals surface area contributed by atoms with Gasteiger partial charge < -0.3 is 10.3 Å². The Kier molecular flexibility index (Phi) is 2.48. The standard InChI is InChI=1S/C15H20N2/c1-15(2)8-13(15)10-16-9-11-3-4-14-12(7-11)5-6-17-14/h3-7,13,16-17H,8-10H2,1-2H3. The molecule has 1 aromatic carbocycles. The lowest BCUT2D eigenvalue weighted by Gasteiger charge is -2.06. The Morgan fingerprint density at radius 2 is 2.18 bits per heavy atom. The molecule has 0 amide bonds. The van der Waals surface area contributed by atoms with Crippen molar-refractivity contribution in [3.8, 4) is 0 Å². The number of fused-ring (bicyclic) bond motifs is 1. The first kappa shape index (κ1) is 10.8. The van der Waals surface area contributed by atoms with Crippen molar-refractivity contribution in [1.82, 2.24) is 10.3 Å². The zero-order valence-electron chi connectivity index (χ0n) is 10.6. The van der Waals surface area contributed by atoms with E-state index in [4.69, 9.17) is 0 Å². The lowest BCUT2D eigenvalue weighted by atomic mass is 10.1. The van der Waals surface area contributed by atoms with Crippen molar-refractivity contribution in [2.45, 2.75) is 26.8 Å². The van der Waals surface area contributed by atoms with Crippen LogP contribution >= 0.6 is 0 Å². The highest BCUT2D eigenvalue weighted by Crippen LogP contribution is 2.50. The normalized spacial score (nSPS) is 21.9. The Bertz CT molecular complexity index is 524. The summed E-state index contributed by atoms with van der Waals surface area (Å²) in [5.74, 6) is 0.874. The molecule has 0 bridgehead atoms. The first-order chi connectivity index (χ1) is 8.15. The maximum atomic E-state index is 3.57. The molecule has 3 rings (SSSR count). The van der Waals surface area contributed by atoms with Crippen LogP contribution in [0.1, 0.15) is 25.8 Å². The van der Waals surface area contributed by atoms with Crippen molar-refractivity contribution >= 4 is 10.9 Å². The molecule has 0 saturated heterocycles. The van der Waals surface area contributed by atoms with Crippen molar-refractivity contribution in [2.24, 2.45) is 11.3 Å². The molecule has 1 saturated carbocycles. The number of rotatable bonds is 4. The van der Waals surface area contributed by atoms with Crippen LogP contribution in [-0.4, -0.2) is 11.5 Å². The minimum Gasteiger partial charge on any atom is -0.361 e.